The number of thioether (sulfide) groups is 1. The van der Waals surface area contributed by atoms with Crippen LogP contribution >= 0.6 is 23.4 Å². The number of carbonyl (C=O) groups excluding carboxylic acids is 1. The van der Waals surface area contributed by atoms with Crippen molar-refractivity contribution in [2.75, 3.05) is 17.2 Å². The predicted molar refractivity (Wildman–Crippen MR) is 121 cm³/mol. The molecule has 5 nitrogen and oxygen atoms in total. The fraction of sp³-hybridized carbons (Fsp3) is 0.348. The fourth-order valence-electron chi connectivity index (χ4n) is 4.49. The molecule has 0 atom stereocenters. The van der Waals surface area contributed by atoms with Gasteiger partial charge in [0.25, 0.3) is 0 Å². The van der Waals surface area contributed by atoms with Gasteiger partial charge in [-0.25, -0.2) is 0 Å². The van der Waals surface area contributed by atoms with Gasteiger partial charge in [-0.1, -0.05) is 66.5 Å². The Kier molecular flexibility index (Phi) is 5.52. The molecule has 30 heavy (non-hydrogen) atoms. The molecule has 1 aromatic heterocycles. The van der Waals surface area contributed by atoms with E-state index in [0.29, 0.717) is 16.8 Å². The van der Waals surface area contributed by atoms with Gasteiger partial charge in [0.1, 0.15) is 0 Å². The molecule has 0 saturated heterocycles. The van der Waals surface area contributed by atoms with Gasteiger partial charge in [0.15, 0.2) is 11.0 Å². The van der Waals surface area contributed by atoms with Crippen LogP contribution in [0.15, 0.2) is 53.7 Å². The molecular formula is C23H23ClN4OS. The summed E-state index contributed by atoms with van der Waals surface area (Å²) in [5.41, 5.74) is 3.17. The molecule has 0 unspecified atom stereocenters. The van der Waals surface area contributed by atoms with Gasteiger partial charge in [-0.15, -0.1) is 10.2 Å². The number of hydrogen-bond acceptors (Lipinski definition) is 4. The van der Waals surface area contributed by atoms with E-state index in [1.807, 2.05) is 47.4 Å². The maximum Gasteiger partial charge on any atom is 0.237 e. The summed E-state index contributed by atoms with van der Waals surface area (Å²) in [6, 6.07) is 16.3. The van der Waals surface area contributed by atoms with Crippen molar-refractivity contribution in [2.45, 2.75) is 43.3 Å². The Balaban J connectivity index is 1.40. The highest BCUT2D eigenvalue weighted by Crippen LogP contribution is 2.38. The number of para-hydroxylation sites is 1. The lowest BCUT2D eigenvalue weighted by Crippen LogP contribution is -2.30. The normalized spacial score (nSPS) is 16.2. The van der Waals surface area contributed by atoms with Crippen LogP contribution in [0.1, 0.15) is 37.3 Å². The molecule has 0 spiro atoms. The average molecular weight is 439 g/mol. The fourth-order valence-corrected chi connectivity index (χ4v) is 5.60. The number of nitrogens with zero attached hydrogens (tertiary/aromatic N) is 4. The van der Waals surface area contributed by atoms with Crippen molar-refractivity contribution in [3.8, 4) is 11.4 Å². The third kappa shape index (κ3) is 3.63. The van der Waals surface area contributed by atoms with Gasteiger partial charge < -0.3 is 4.90 Å². The summed E-state index contributed by atoms with van der Waals surface area (Å²) in [7, 11) is 0. The number of halogens is 1. The van der Waals surface area contributed by atoms with Crippen molar-refractivity contribution in [3.63, 3.8) is 0 Å². The molecule has 3 aromatic rings. The van der Waals surface area contributed by atoms with E-state index in [9.17, 15) is 4.79 Å². The monoisotopic (exact) mass is 438 g/mol. The van der Waals surface area contributed by atoms with Crippen molar-refractivity contribution >= 4 is 35.0 Å². The largest absolute Gasteiger partial charge is 0.311 e. The van der Waals surface area contributed by atoms with E-state index in [4.69, 9.17) is 11.6 Å². The Hall–Kier alpha value is -2.31. The molecule has 0 radical (unpaired) electrons. The Labute approximate surface area is 185 Å². The summed E-state index contributed by atoms with van der Waals surface area (Å²) >= 11 is 7.94. The minimum absolute atomic E-state index is 0.116. The van der Waals surface area contributed by atoms with Crippen LogP contribution < -0.4 is 4.90 Å². The summed E-state index contributed by atoms with van der Waals surface area (Å²) < 4.78 is 2.21. The van der Waals surface area contributed by atoms with Crippen molar-refractivity contribution in [1.82, 2.24) is 14.8 Å². The van der Waals surface area contributed by atoms with Crippen molar-refractivity contribution < 1.29 is 4.79 Å². The van der Waals surface area contributed by atoms with Crippen LogP contribution in [0, 0.1) is 0 Å². The zero-order chi connectivity index (χ0) is 20.5. The van der Waals surface area contributed by atoms with Crippen molar-refractivity contribution in [3.05, 3.63) is 59.1 Å². The summed E-state index contributed by atoms with van der Waals surface area (Å²) in [4.78, 5) is 14.9. The highest BCUT2D eigenvalue weighted by Gasteiger charge is 2.28. The van der Waals surface area contributed by atoms with E-state index < -0.39 is 0 Å². The standard InChI is InChI=1S/C23H23ClN4OS/c24-19-11-5-4-10-18(19)22-25-26-23(28(22)17-8-2-3-9-17)30-15-21(29)27-14-13-16-7-1-6-12-20(16)27/h1,4-7,10-12,17H,2-3,8-9,13-15H2. The van der Waals surface area contributed by atoms with Crippen LogP contribution in [-0.4, -0.2) is 33.0 Å². The first-order valence-corrected chi connectivity index (χ1v) is 11.8. The highest BCUT2D eigenvalue weighted by atomic mass is 35.5. The van der Waals surface area contributed by atoms with E-state index in [0.717, 1.165) is 48.0 Å². The second kappa shape index (κ2) is 8.44. The summed E-state index contributed by atoms with van der Waals surface area (Å²) in [5, 5.41) is 10.4. The Morgan fingerprint density at radius 3 is 2.67 bits per heavy atom. The molecule has 2 heterocycles. The van der Waals surface area contributed by atoms with Gasteiger partial charge in [-0.2, -0.15) is 0 Å². The number of amides is 1. The molecule has 1 fully saturated rings. The predicted octanol–water partition coefficient (Wildman–Crippen LogP) is 5.40. The molecule has 1 saturated carbocycles. The number of fused-ring (bicyclic) bond motifs is 1. The molecule has 7 heteroatoms. The molecule has 0 N–H and O–H groups in total. The van der Waals surface area contributed by atoms with Gasteiger partial charge in [0.2, 0.25) is 5.91 Å². The van der Waals surface area contributed by atoms with Crippen LogP contribution in [0.3, 0.4) is 0 Å². The number of benzene rings is 2. The first-order chi connectivity index (χ1) is 14.7. The van der Waals surface area contributed by atoms with Gasteiger partial charge in [0.05, 0.1) is 10.8 Å². The minimum Gasteiger partial charge on any atom is -0.311 e. The number of carbonyl (C=O) groups is 1. The first kappa shape index (κ1) is 19.6. The molecule has 1 aliphatic heterocycles. The van der Waals surface area contributed by atoms with E-state index in [1.165, 1.54) is 30.2 Å². The van der Waals surface area contributed by atoms with Crippen molar-refractivity contribution in [2.24, 2.45) is 0 Å². The Morgan fingerprint density at radius 2 is 1.83 bits per heavy atom. The van der Waals surface area contributed by atoms with Crippen LogP contribution in [0.5, 0.6) is 0 Å². The summed E-state index contributed by atoms with van der Waals surface area (Å²) in [6.07, 6.45) is 5.55. The lowest BCUT2D eigenvalue weighted by molar-refractivity contribution is -0.116. The van der Waals surface area contributed by atoms with Crippen LogP contribution in [-0.2, 0) is 11.2 Å². The molecule has 2 aromatic carbocycles. The van der Waals surface area contributed by atoms with Crippen LogP contribution in [0.25, 0.3) is 11.4 Å². The van der Waals surface area contributed by atoms with Gasteiger partial charge in [-0.3, -0.25) is 9.36 Å². The third-order valence-corrected chi connectivity index (χ3v) is 7.24. The van der Waals surface area contributed by atoms with Crippen LogP contribution in [0.4, 0.5) is 5.69 Å². The zero-order valence-corrected chi connectivity index (χ0v) is 18.2. The smallest absolute Gasteiger partial charge is 0.237 e. The molecule has 5 rings (SSSR count). The summed E-state index contributed by atoms with van der Waals surface area (Å²) in [5.74, 6) is 1.26. The average Bonchev–Trinajstić information content (AvgIpc) is 3.51. The van der Waals surface area contributed by atoms with Crippen molar-refractivity contribution in [1.29, 1.82) is 0 Å². The third-order valence-electron chi connectivity index (χ3n) is 5.98. The van der Waals surface area contributed by atoms with E-state index in [1.54, 1.807) is 0 Å². The first-order valence-electron chi connectivity index (χ1n) is 10.4. The number of rotatable bonds is 5. The SMILES string of the molecule is O=C(CSc1nnc(-c2ccccc2Cl)n1C1CCCC1)N1CCc2ccccc21. The van der Waals surface area contributed by atoms with E-state index in [2.05, 4.69) is 20.8 Å². The Morgan fingerprint density at radius 1 is 1.07 bits per heavy atom. The van der Waals surface area contributed by atoms with E-state index >= 15 is 0 Å². The Bertz CT molecular complexity index is 1080. The lowest BCUT2D eigenvalue weighted by Gasteiger charge is -2.19. The topological polar surface area (TPSA) is 51.0 Å². The molecular weight excluding hydrogens is 416 g/mol. The van der Waals surface area contributed by atoms with E-state index in [-0.39, 0.29) is 5.91 Å². The lowest BCUT2D eigenvalue weighted by atomic mass is 10.2. The second-order valence-corrected chi connectivity index (χ2v) is 9.16. The molecule has 1 aliphatic carbocycles. The number of aromatic nitrogens is 3. The molecule has 1 amide bonds. The zero-order valence-electron chi connectivity index (χ0n) is 16.6. The maximum atomic E-state index is 13.0. The second-order valence-electron chi connectivity index (χ2n) is 7.81. The molecule has 0 bridgehead atoms. The maximum absolute atomic E-state index is 13.0. The van der Waals surface area contributed by atoms with Gasteiger partial charge in [0, 0.05) is 23.8 Å². The minimum atomic E-state index is 0.116. The van der Waals surface area contributed by atoms with Gasteiger partial charge in [-0.05, 0) is 43.0 Å². The quantitative estimate of drug-likeness (QED) is 0.501. The highest BCUT2D eigenvalue weighted by molar-refractivity contribution is 7.99. The molecule has 154 valence electrons. The number of hydrogen-bond donors (Lipinski definition) is 0. The number of anilines is 1. The summed E-state index contributed by atoms with van der Waals surface area (Å²) in [6.45, 7) is 0.749. The van der Waals surface area contributed by atoms with Crippen LogP contribution in [0.2, 0.25) is 5.02 Å². The van der Waals surface area contributed by atoms with Gasteiger partial charge >= 0.3 is 0 Å². The molecule has 2 aliphatic rings.